The molecule has 0 spiro atoms. The minimum Gasteiger partial charge on any atom is -0.496 e. The summed E-state index contributed by atoms with van der Waals surface area (Å²) in [5, 5.41) is 5.11. The van der Waals surface area contributed by atoms with Gasteiger partial charge in [-0.3, -0.25) is 9.48 Å². The summed E-state index contributed by atoms with van der Waals surface area (Å²) >= 11 is 6.10. The highest BCUT2D eigenvalue weighted by molar-refractivity contribution is 6.30. The number of hydrogen-bond acceptors (Lipinski definition) is 3. The Labute approximate surface area is 170 Å². The number of hydrogen-bond donors (Lipinski definition) is 0. The molecule has 0 saturated heterocycles. The van der Waals surface area contributed by atoms with Gasteiger partial charge in [-0.2, -0.15) is 5.10 Å². The van der Waals surface area contributed by atoms with Crippen molar-refractivity contribution in [2.75, 3.05) is 14.2 Å². The lowest BCUT2D eigenvalue weighted by Gasteiger charge is -2.19. The summed E-state index contributed by atoms with van der Waals surface area (Å²) in [6.07, 6.45) is 0. The van der Waals surface area contributed by atoms with Crippen molar-refractivity contribution in [2.24, 2.45) is 0 Å². The number of halogens is 1. The van der Waals surface area contributed by atoms with Crippen molar-refractivity contribution in [1.29, 1.82) is 0 Å². The fourth-order valence-electron chi connectivity index (χ4n) is 3.23. The van der Waals surface area contributed by atoms with Crippen LogP contribution < -0.4 is 4.74 Å². The molecule has 3 rings (SSSR count). The largest absolute Gasteiger partial charge is 0.496 e. The van der Waals surface area contributed by atoms with E-state index in [1.165, 1.54) is 0 Å². The highest BCUT2D eigenvalue weighted by atomic mass is 35.5. The molecule has 5 nitrogen and oxygen atoms in total. The maximum absolute atomic E-state index is 12.9. The zero-order valence-corrected chi connectivity index (χ0v) is 17.3. The topological polar surface area (TPSA) is 47.4 Å². The number of carbonyl (C=O) groups excluding carboxylic acids is 1. The van der Waals surface area contributed by atoms with Crippen LogP contribution in [0.1, 0.15) is 32.9 Å². The van der Waals surface area contributed by atoms with Gasteiger partial charge in [-0.05, 0) is 55.8 Å². The lowest BCUT2D eigenvalue weighted by Crippen LogP contribution is -2.26. The van der Waals surface area contributed by atoms with Crippen LogP contribution in [0.3, 0.4) is 0 Å². The molecule has 0 aliphatic heterocycles. The number of ether oxygens (including phenoxy) is 1. The average Bonchev–Trinajstić information content (AvgIpc) is 2.98. The summed E-state index contributed by atoms with van der Waals surface area (Å²) in [5.41, 5.74) is 4.62. The van der Waals surface area contributed by atoms with Crippen LogP contribution in [-0.2, 0) is 13.1 Å². The van der Waals surface area contributed by atoms with Gasteiger partial charge >= 0.3 is 0 Å². The normalized spacial score (nSPS) is 10.8. The van der Waals surface area contributed by atoms with E-state index in [-0.39, 0.29) is 5.91 Å². The second-order valence-electron chi connectivity index (χ2n) is 6.90. The molecule has 146 valence electrons. The summed E-state index contributed by atoms with van der Waals surface area (Å²) in [7, 11) is 3.38. The van der Waals surface area contributed by atoms with Crippen molar-refractivity contribution in [3.63, 3.8) is 0 Å². The summed E-state index contributed by atoms with van der Waals surface area (Å²) in [6, 6.07) is 15.1. The summed E-state index contributed by atoms with van der Waals surface area (Å²) in [6.45, 7) is 5.04. The Morgan fingerprint density at radius 3 is 2.64 bits per heavy atom. The van der Waals surface area contributed by atoms with E-state index in [4.69, 9.17) is 16.3 Å². The van der Waals surface area contributed by atoms with Crippen LogP contribution in [0.15, 0.2) is 48.5 Å². The SMILES string of the molecule is COc1ccc(Cl)cc1CN(C)C(=O)c1cccc(Cn2nc(C)cc2C)c1. The molecule has 0 saturated carbocycles. The fourth-order valence-corrected chi connectivity index (χ4v) is 3.42. The van der Waals surface area contributed by atoms with Gasteiger partial charge in [0.2, 0.25) is 0 Å². The molecule has 0 N–H and O–H groups in total. The maximum Gasteiger partial charge on any atom is 0.253 e. The molecule has 3 aromatic rings. The molecule has 0 atom stereocenters. The minimum atomic E-state index is -0.0581. The zero-order chi connectivity index (χ0) is 20.3. The van der Waals surface area contributed by atoms with E-state index in [2.05, 4.69) is 5.10 Å². The molecule has 1 heterocycles. The van der Waals surface area contributed by atoms with Crippen LogP contribution in [-0.4, -0.2) is 34.7 Å². The van der Waals surface area contributed by atoms with Crippen LogP contribution in [0.4, 0.5) is 0 Å². The average molecular weight is 398 g/mol. The van der Waals surface area contributed by atoms with Crippen molar-refractivity contribution in [1.82, 2.24) is 14.7 Å². The third-order valence-electron chi connectivity index (χ3n) is 4.61. The van der Waals surface area contributed by atoms with E-state index in [1.807, 2.05) is 61.0 Å². The smallest absolute Gasteiger partial charge is 0.253 e. The first-order valence-corrected chi connectivity index (χ1v) is 9.43. The molecule has 2 aromatic carbocycles. The van der Waals surface area contributed by atoms with Gasteiger partial charge in [0, 0.05) is 35.4 Å². The highest BCUT2D eigenvalue weighted by Crippen LogP contribution is 2.24. The summed E-state index contributed by atoms with van der Waals surface area (Å²) in [4.78, 5) is 14.6. The number of nitrogens with zero attached hydrogens (tertiary/aromatic N) is 3. The molecule has 1 amide bonds. The number of benzene rings is 2. The number of amides is 1. The van der Waals surface area contributed by atoms with E-state index in [1.54, 1.807) is 25.1 Å². The molecule has 0 fully saturated rings. The second kappa shape index (κ2) is 8.48. The number of rotatable bonds is 6. The highest BCUT2D eigenvalue weighted by Gasteiger charge is 2.15. The molecule has 0 bridgehead atoms. The first-order valence-electron chi connectivity index (χ1n) is 9.05. The van der Waals surface area contributed by atoms with E-state index in [9.17, 15) is 4.79 Å². The maximum atomic E-state index is 12.9. The zero-order valence-electron chi connectivity index (χ0n) is 16.6. The predicted molar refractivity (Wildman–Crippen MR) is 111 cm³/mol. The number of carbonyl (C=O) groups is 1. The molecule has 6 heteroatoms. The quantitative estimate of drug-likeness (QED) is 0.616. The van der Waals surface area contributed by atoms with Gasteiger partial charge in [-0.15, -0.1) is 0 Å². The van der Waals surface area contributed by atoms with Crippen LogP contribution in [0.5, 0.6) is 5.75 Å². The summed E-state index contributed by atoms with van der Waals surface area (Å²) < 4.78 is 7.32. The van der Waals surface area contributed by atoms with Gasteiger partial charge in [-0.1, -0.05) is 23.7 Å². The van der Waals surface area contributed by atoms with E-state index in [0.29, 0.717) is 29.4 Å². The van der Waals surface area contributed by atoms with Crippen LogP contribution in [0, 0.1) is 13.8 Å². The van der Waals surface area contributed by atoms with Gasteiger partial charge in [-0.25, -0.2) is 0 Å². The van der Waals surface area contributed by atoms with Crippen molar-refractivity contribution in [3.8, 4) is 5.75 Å². The molecular weight excluding hydrogens is 374 g/mol. The standard InChI is InChI=1S/C22H24ClN3O2/c1-15-10-16(2)26(24-15)13-17-6-5-7-18(11-17)22(27)25(3)14-19-12-20(23)8-9-21(19)28-4/h5-12H,13-14H2,1-4H3. The number of aromatic nitrogens is 2. The molecule has 28 heavy (non-hydrogen) atoms. The van der Waals surface area contributed by atoms with Crippen molar-refractivity contribution in [3.05, 3.63) is 81.6 Å². The Hall–Kier alpha value is -2.79. The minimum absolute atomic E-state index is 0.0581. The molecule has 0 radical (unpaired) electrons. The Morgan fingerprint density at radius 1 is 1.18 bits per heavy atom. The van der Waals surface area contributed by atoms with Gasteiger partial charge in [0.1, 0.15) is 5.75 Å². The summed E-state index contributed by atoms with van der Waals surface area (Å²) in [5.74, 6) is 0.652. The van der Waals surface area contributed by atoms with Crippen molar-refractivity contribution in [2.45, 2.75) is 26.9 Å². The Bertz CT molecular complexity index is 997. The first-order chi connectivity index (χ1) is 13.4. The van der Waals surface area contributed by atoms with Crippen LogP contribution in [0.2, 0.25) is 5.02 Å². The van der Waals surface area contributed by atoms with E-state index < -0.39 is 0 Å². The molecule has 0 unspecified atom stereocenters. The number of aryl methyl sites for hydroxylation is 2. The van der Waals surface area contributed by atoms with Gasteiger partial charge in [0.05, 0.1) is 19.3 Å². The first kappa shape index (κ1) is 20.0. The molecular formula is C22H24ClN3O2. The van der Waals surface area contributed by atoms with E-state index in [0.717, 1.165) is 22.5 Å². The Morgan fingerprint density at radius 2 is 1.96 bits per heavy atom. The third kappa shape index (κ3) is 4.54. The van der Waals surface area contributed by atoms with Crippen molar-refractivity contribution < 1.29 is 9.53 Å². The van der Waals surface area contributed by atoms with Gasteiger partial charge in [0.25, 0.3) is 5.91 Å². The van der Waals surface area contributed by atoms with Crippen molar-refractivity contribution >= 4 is 17.5 Å². The Kier molecular flexibility index (Phi) is 6.05. The molecule has 1 aromatic heterocycles. The van der Waals surface area contributed by atoms with Gasteiger partial charge < -0.3 is 9.64 Å². The fraction of sp³-hybridized carbons (Fsp3) is 0.273. The lowest BCUT2D eigenvalue weighted by atomic mass is 10.1. The second-order valence-corrected chi connectivity index (χ2v) is 7.34. The van der Waals surface area contributed by atoms with Crippen LogP contribution in [0.25, 0.3) is 0 Å². The molecule has 0 aliphatic carbocycles. The lowest BCUT2D eigenvalue weighted by molar-refractivity contribution is 0.0784. The monoisotopic (exact) mass is 397 g/mol. The Balaban J connectivity index is 1.77. The molecule has 0 aliphatic rings. The van der Waals surface area contributed by atoms with Gasteiger partial charge in [0.15, 0.2) is 0 Å². The predicted octanol–water partition coefficient (Wildman–Crippen LogP) is 4.48. The number of methoxy groups -OCH3 is 1. The van der Waals surface area contributed by atoms with Crippen LogP contribution >= 0.6 is 11.6 Å². The van der Waals surface area contributed by atoms with E-state index >= 15 is 0 Å². The third-order valence-corrected chi connectivity index (χ3v) is 4.84.